The molecule has 0 N–H and O–H groups in total. The van der Waals surface area contributed by atoms with Gasteiger partial charge in [-0.3, -0.25) is 0 Å². The summed E-state index contributed by atoms with van der Waals surface area (Å²) in [6, 6.07) is 7.87. The lowest BCUT2D eigenvalue weighted by molar-refractivity contribution is 0.0204. The average molecular weight is 628 g/mol. The highest BCUT2D eigenvalue weighted by Crippen LogP contribution is 2.44. The molecule has 0 radical (unpaired) electrons. The zero-order valence-corrected chi connectivity index (χ0v) is 27.7. The van der Waals surface area contributed by atoms with Crippen LogP contribution in [0.25, 0.3) is 0 Å². The highest BCUT2D eigenvalue weighted by atomic mass is 32.2. The molecule has 44 heavy (non-hydrogen) atoms. The molecular formula is C32H45N5O6S. The van der Waals surface area contributed by atoms with Crippen LogP contribution in [0.5, 0.6) is 5.75 Å². The number of amides is 2. The van der Waals surface area contributed by atoms with Gasteiger partial charge in [-0.05, 0) is 84.1 Å². The molecule has 1 aromatic heterocycles. The van der Waals surface area contributed by atoms with Crippen molar-refractivity contribution in [3.8, 4) is 5.75 Å². The van der Waals surface area contributed by atoms with Gasteiger partial charge in [-0.2, -0.15) is 0 Å². The molecule has 2 aromatic rings. The van der Waals surface area contributed by atoms with E-state index in [1.807, 2.05) is 65.8 Å². The monoisotopic (exact) mass is 627 g/mol. The van der Waals surface area contributed by atoms with Crippen LogP contribution in [0.4, 0.5) is 26.8 Å². The maximum Gasteiger partial charge on any atom is 0.420 e. The molecule has 1 aromatic carbocycles. The van der Waals surface area contributed by atoms with Crippen molar-refractivity contribution in [2.75, 3.05) is 54.5 Å². The summed E-state index contributed by atoms with van der Waals surface area (Å²) in [7, 11) is -0.571. The van der Waals surface area contributed by atoms with Crippen LogP contribution in [-0.2, 0) is 25.8 Å². The normalized spacial score (nSPS) is 18.8. The number of nitrogens with zero attached hydrogens (tertiary/aromatic N) is 5. The van der Waals surface area contributed by atoms with Gasteiger partial charge in [0.1, 0.15) is 23.6 Å². The van der Waals surface area contributed by atoms with E-state index in [0.29, 0.717) is 54.9 Å². The largest absolute Gasteiger partial charge is 0.486 e. The third-order valence-electron chi connectivity index (χ3n) is 8.04. The molecule has 4 heterocycles. The Morgan fingerprint density at radius 1 is 0.932 bits per heavy atom. The molecule has 0 unspecified atom stereocenters. The standard InChI is InChI=1S/C32H45N5O6S/c1-31(2,3)42-29(38)36-14-11-22(12-15-36)23-8-9-27-26(20-23)37(30(39)43-32(4,5)6)28-24(21-41-27)25(10-13-34-28)35-16-18-44(40,33-7)19-17-35/h8-10,13,20,22H,11-12,14-19,21H2,1-7H3. The molecule has 2 fully saturated rings. The van der Waals surface area contributed by atoms with Gasteiger partial charge in [-0.15, -0.1) is 0 Å². The number of rotatable bonds is 2. The van der Waals surface area contributed by atoms with E-state index in [-0.39, 0.29) is 18.6 Å². The van der Waals surface area contributed by atoms with Crippen LogP contribution in [-0.4, -0.2) is 82.2 Å². The number of anilines is 3. The van der Waals surface area contributed by atoms with Crippen LogP contribution < -0.4 is 14.5 Å². The first-order valence-electron chi connectivity index (χ1n) is 15.3. The number of pyridine rings is 1. The Labute approximate surface area is 261 Å². The fraction of sp³-hybridized carbons (Fsp3) is 0.594. The van der Waals surface area contributed by atoms with Gasteiger partial charge >= 0.3 is 12.2 Å². The van der Waals surface area contributed by atoms with E-state index in [9.17, 15) is 13.8 Å². The summed E-state index contributed by atoms with van der Waals surface area (Å²) in [4.78, 5) is 36.7. The highest BCUT2D eigenvalue weighted by Gasteiger charge is 2.36. The third kappa shape index (κ3) is 7.06. The van der Waals surface area contributed by atoms with E-state index >= 15 is 0 Å². The number of carbonyl (C=O) groups excluding carboxylic acids is 2. The third-order valence-corrected chi connectivity index (χ3v) is 10.4. The second-order valence-electron chi connectivity index (χ2n) is 13.6. The lowest BCUT2D eigenvalue weighted by Crippen LogP contribution is -2.41. The number of aromatic nitrogens is 1. The van der Waals surface area contributed by atoms with Gasteiger partial charge in [-0.1, -0.05) is 6.07 Å². The molecular weight excluding hydrogens is 582 g/mol. The topological polar surface area (TPSA) is 114 Å². The van der Waals surface area contributed by atoms with Crippen LogP contribution >= 0.6 is 0 Å². The van der Waals surface area contributed by atoms with Crippen LogP contribution in [0.1, 0.15) is 71.4 Å². The number of piperidine rings is 1. The number of fused-ring (bicyclic) bond motifs is 2. The summed E-state index contributed by atoms with van der Waals surface area (Å²) in [5.41, 5.74) is 2.01. The number of hydrogen-bond acceptors (Lipinski definition) is 9. The van der Waals surface area contributed by atoms with Crippen LogP contribution in [0.3, 0.4) is 0 Å². The molecule has 0 spiro atoms. The van der Waals surface area contributed by atoms with E-state index in [2.05, 4.69) is 9.26 Å². The molecule has 0 atom stereocenters. The van der Waals surface area contributed by atoms with Crippen LogP contribution in [0.15, 0.2) is 34.8 Å². The first-order valence-corrected chi connectivity index (χ1v) is 17.1. The average Bonchev–Trinajstić information content (AvgIpc) is 3.12. The minimum absolute atomic E-state index is 0.189. The van der Waals surface area contributed by atoms with E-state index in [0.717, 1.165) is 29.7 Å². The van der Waals surface area contributed by atoms with Crippen LogP contribution in [0.2, 0.25) is 0 Å². The quantitative estimate of drug-likeness (QED) is 0.394. The van der Waals surface area contributed by atoms with E-state index in [1.54, 1.807) is 18.1 Å². The number of hydrogen-bond donors (Lipinski definition) is 0. The zero-order valence-electron chi connectivity index (χ0n) is 26.9. The first kappa shape index (κ1) is 31.9. The van der Waals surface area contributed by atoms with Crippen molar-refractivity contribution in [1.82, 2.24) is 9.88 Å². The first-order chi connectivity index (χ1) is 20.7. The van der Waals surface area contributed by atoms with Crippen molar-refractivity contribution in [2.45, 2.75) is 78.1 Å². The molecule has 3 aliphatic heterocycles. The van der Waals surface area contributed by atoms with Gasteiger partial charge in [0.25, 0.3) is 0 Å². The molecule has 12 heteroatoms. The minimum Gasteiger partial charge on any atom is -0.486 e. The fourth-order valence-electron chi connectivity index (χ4n) is 5.81. The summed E-state index contributed by atoms with van der Waals surface area (Å²) in [5.74, 6) is 2.16. The Morgan fingerprint density at radius 2 is 1.57 bits per heavy atom. The van der Waals surface area contributed by atoms with E-state index < -0.39 is 27.0 Å². The maximum atomic E-state index is 13.9. The van der Waals surface area contributed by atoms with Gasteiger partial charge < -0.3 is 24.0 Å². The molecule has 5 rings (SSSR count). The second kappa shape index (κ2) is 12.1. The van der Waals surface area contributed by atoms with Crippen molar-refractivity contribution >= 4 is 39.1 Å². The van der Waals surface area contributed by atoms with Crippen LogP contribution in [0, 0.1) is 0 Å². The van der Waals surface area contributed by atoms with Gasteiger partial charge in [0, 0.05) is 66.3 Å². The SMILES string of the molecule is CN=S1(=O)CCN(c2ccnc3c2COc2ccc(C4CCN(C(=O)OC(C)(C)C)CC4)cc2N3C(=O)OC(C)(C)C)CC1. The summed E-state index contributed by atoms with van der Waals surface area (Å²) < 4.78 is 34.8. The molecule has 11 nitrogen and oxygen atoms in total. The summed E-state index contributed by atoms with van der Waals surface area (Å²) >= 11 is 0. The van der Waals surface area contributed by atoms with Gasteiger partial charge in [0.2, 0.25) is 0 Å². The molecule has 0 aliphatic carbocycles. The second-order valence-corrected chi connectivity index (χ2v) is 16.3. The van der Waals surface area contributed by atoms with Crippen molar-refractivity contribution in [3.05, 3.63) is 41.6 Å². The lowest BCUT2D eigenvalue weighted by Gasteiger charge is -2.34. The molecule has 0 saturated carbocycles. The summed E-state index contributed by atoms with van der Waals surface area (Å²) in [6.45, 7) is 13.7. The Kier molecular flexibility index (Phi) is 8.76. The van der Waals surface area contributed by atoms with Gasteiger partial charge in [0.15, 0.2) is 5.82 Å². The van der Waals surface area contributed by atoms with Crippen molar-refractivity contribution in [2.24, 2.45) is 4.36 Å². The smallest absolute Gasteiger partial charge is 0.420 e. The van der Waals surface area contributed by atoms with E-state index in [4.69, 9.17) is 19.2 Å². The van der Waals surface area contributed by atoms with E-state index in [1.165, 1.54) is 4.90 Å². The van der Waals surface area contributed by atoms with Gasteiger partial charge in [-0.25, -0.2) is 28.0 Å². The number of carbonyl (C=O) groups is 2. The Balaban J connectivity index is 1.47. The molecule has 3 aliphatic rings. The molecule has 2 saturated heterocycles. The predicted molar refractivity (Wildman–Crippen MR) is 172 cm³/mol. The maximum absolute atomic E-state index is 13.9. The Hall–Kier alpha value is -3.54. The molecule has 0 bridgehead atoms. The van der Waals surface area contributed by atoms with Gasteiger partial charge in [0.05, 0.1) is 11.3 Å². The number of ether oxygens (including phenoxy) is 3. The molecule has 240 valence electrons. The summed E-state index contributed by atoms with van der Waals surface area (Å²) in [6.07, 6.45) is 2.40. The summed E-state index contributed by atoms with van der Waals surface area (Å²) in [5, 5.41) is 0. The Morgan fingerprint density at radius 3 is 2.18 bits per heavy atom. The number of benzene rings is 1. The lowest BCUT2D eigenvalue weighted by atomic mass is 9.89. The molecule has 2 amide bonds. The van der Waals surface area contributed by atoms with Crippen molar-refractivity contribution in [1.29, 1.82) is 0 Å². The minimum atomic E-state index is -2.19. The zero-order chi connectivity index (χ0) is 31.9. The van der Waals surface area contributed by atoms with Crippen molar-refractivity contribution in [3.63, 3.8) is 0 Å². The highest BCUT2D eigenvalue weighted by molar-refractivity contribution is 7.93. The van der Waals surface area contributed by atoms with Crippen molar-refractivity contribution < 1.29 is 28.0 Å². The Bertz CT molecular complexity index is 1520. The predicted octanol–water partition coefficient (Wildman–Crippen LogP) is 6.08. The fourth-order valence-corrected chi connectivity index (χ4v) is 7.39. The number of likely N-dealkylation sites (tertiary alicyclic amines) is 1.